The van der Waals surface area contributed by atoms with Crippen molar-refractivity contribution in [3.63, 3.8) is 0 Å². The number of guanidine groups is 1. The van der Waals surface area contributed by atoms with Crippen LogP contribution in [0.1, 0.15) is 17.7 Å². The molecule has 6 heteroatoms. The van der Waals surface area contributed by atoms with Crippen molar-refractivity contribution in [2.24, 2.45) is 4.99 Å². The van der Waals surface area contributed by atoms with Crippen LogP contribution < -0.4 is 10.6 Å². The zero-order chi connectivity index (χ0) is 16.2. The van der Waals surface area contributed by atoms with E-state index in [2.05, 4.69) is 39.9 Å². The summed E-state index contributed by atoms with van der Waals surface area (Å²) in [4.78, 5) is 4.22. The van der Waals surface area contributed by atoms with Gasteiger partial charge in [0.2, 0.25) is 0 Å². The minimum absolute atomic E-state index is 0. The lowest BCUT2D eigenvalue weighted by Crippen LogP contribution is -2.39. The third-order valence-corrected chi connectivity index (χ3v) is 3.35. The molecule has 0 aliphatic rings. The highest BCUT2D eigenvalue weighted by Crippen LogP contribution is 2.01. The van der Waals surface area contributed by atoms with E-state index in [9.17, 15) is 0 Å². The first-order chi connectivity index (χ1) is 11.4. The lowest BCUT2D eigenvalue weighted by Gasteiger charge is -2.11. The van der Waals surface area contributed by atoms with Gasteiger partial charge in [-0.3, -0.25) is 4.99 Å². The molecular formula is C18H26IN3O2. The van der Waals surface area contributed by atoms with Gasteiger partial charge in [0, 0.05) is 26.7 Å². The minimum atomic E-state index is 0. The summed E-state index contributed by atoms with van der Waals surface area (Å²) in [5.41, 5.74) is 1.32. The topological polar surface area (TPSA) is 58.8 Å². The Kier molecular flexibility index (Phi) is 11.0. The molecule has 1 aromatic carbocycles. The van der Waals surface area contributed by atoms with Crippen LogP contribution in [0.2, 0.25) is 0 Å². The number of hydrogen-bond donors (Lipinski definition) is 2. The molecule has 0 aliphatic carbocycles. The van der Waals surface area contributed by atoms with E-state index < -0.39 is 0 Å². The van der Waals surface area contributed by atoms with Crippen LogP contribution in [-0.4, -0.2) is 32.7 Å². The molecule has 5 nitrogen and oxygen atoms in total. The van der Waals surface area contributed by atoms with Crippen molar-refractivity contribution in [3.8, 4) is 0 Å². The Bertz CT molecular complexity index is 559. The predicted molar refractivity (Wildman–Crippen MR) is 108 cm³/mol. The number of benzene rings is 1. The average molecular weight is 443 g/mol. The number of nitrogens with one attached hydrogen (secondary N) is 2. The van der Waals surface area contributed by atoms with Crippen molar-refractivity contribution in [1.29, 1.82) is 0 Å². The highest BCUT2D eigenvalue weighted by atomic mass is 127. The van der Waals surface area contributed by atoms with E-state index in [1.54, 1.807) is 13.3 Å². The number of hydrogen-bond acceptors (Lipinski definition) is 3. The van der Waals surface area contributed by atoms with Gasteiger partial charge in [-0.25, -0.2) is 0 Å². The van der Waals surface area contributed by atoms with Gasteiger partial charge < -0.3 is 19.8 Å². The Labute approximate surface area is 160 Å². The van der Waals surface area contributed by atoms with Crippen molar-refractivity contribution in [2.75, 3.05) is 26.7 Å². The molecule has 1 aromatic heterocycles. The first-order valence-electron chi connectivity index (χ1n) is 7.97. The Morgan fingerprint density at radius 3 is 2.58 bits per heavy atom. The Morgan fingerprint density at radius 1 is 1.08 bits per heavy atom. The zero-order valence-corrected chi connectivity index (χ0v) is 16.4. The molecule has 0 radical (unpaired) electrons. The summed E-state index contributed by atoms with van der Waals surface area (Å²) in [6, 6.07) is 14.2. The molecule has 2 N–H and O–H groups in total. The van der Waals surface area contributed by atoms with Gasteiger partial charge in [-0.15, -0.1) is 24.0 Å². The van der Waals surface area contributed by atoms with Crippen LogP contribution in [0.5, 0.6) is 0 Å². The average Bonchev–Trinajstić information content (AvgIpc) is 3.10. The van der Waals surface area contributed by atoms with Crippen molar-refractivity contribution >= 4 is 29.9 Å². The second-order valence-corrected chi connectivity index (χ2v) is 5.15. The van der Waals surface area contributed by atoms with E-state index in [1.165, 1.54) is 5.56 Å². The molecule has 0 aliphatic heterocycles. The summed E-state index contributed by atoms with van der Waals surface area (Å²) in [5, 5.41) is 6.60. The molecule has 0 unspecified atom stereocenters. The van der Waals surface area contributed by atoms with Gasteiger partial charge in [-0.2, -0.15) is 0 Å². The molecule has 0 spiro atoms. The van der Waals surface area contributed by atoms with Gasteiger partial charge in [-0.05, 0) is 30.5 Å². The summed E-state index contributed by atoms with van der Waals surface area (Å²) in [5.74, 6) is 1.68. The van der Waals surface area contributed by atoms with Crippen LogP contribution in [0.3, 0.4) is 0 Å². The molecule has 24 heavy (non-hydrogen) atoms. The third kappa shape index (κ3) is 8.35. The summed E-state index contributed by atoms with van der Waals surface area (Å²) in [7, 11) is 1.78. The van der Waals surface area contributed by atoms with Gasteiger partial charge in [0.15, 0.2) is 5.96 Å². The van der Waals surface area contributed by atoms with Gasteiger partial charge in [-0.1, -0.05) is 30.3 Å². The summed E-state index contributed by atoms with van der Waals surface area (Å²) >= 11 is 0. The van der Waals surface area contributed by atoms with Crippen LogP contribution in [0.25, 0.3) is 0 Å². The molecule has 2 rings (SSSR count). The van der Waals surface area contributed by atoms with Crippen LogP contribution in [0.4, 0.5) is 0 Å². The lowest BCUT2D eigenvalue weighted by molar-refractivity contribution is 0.105. The van der Waals surface area contributed by atoms with Gasteiger partial charge >= 0.3 is 0 Å². The van der Waals surface area contributed by atoms with E-state index in [1.807, 2.05) is 18.2 Å². The van der Waals surface area contributed by atoms with Gasteiger partial charge in [0.25, 0.3) is 0 Å². The maximum absolute atomic E-state index is 5.54. The molecule has 0 saturated heterocycles. The molecule has 0 bridgehead atoms. The van der Waals surface area contributed by atoms with Crippen LogP contribution >= 0.6 is 24.0 Å². The normalized spacial score (nSPS) is 11.0. The van der Waals surface area contributed by atoms with E-state index in [-0.39, 0.29) is 24.0 Å². The first-order valence-corrected chi connectivity index (χ1v) is 7.97. The first kappa shape index (κ1) is 20.5. The molecule has 1 heterocycles. The summed E-state index contributed by atoms with van der Waals surface area (Å²) < 4.78 is 10.7. The standard InChI is InChI=1S/C18H25N3O2.HI/c1-19-18(21-12-10-16-7-3-2-4-8-16)20-11-6-13-22-15-17-9-5-14-23-17;/h2-5,7-9,14H,6,10-13,15H2,1H3,(H2,19,20,21);1H. The molecule has 0 amide bonds. The van der Waals surface area contributed by atoms with E-state index in [0.717, 1.165) is 37.7 Å². The lowest BCUT2D eigenvalue weighted by atomic mass is 10.1. The molecular weight excluding hydrogens is 417 g/mol. The van der Waals surface area contributed by atoms with Crippen LogP contribution in [0.15, 0.2) is 58.1 Å². The van der Waals surface area contributed by atoms with Crippen LogP contribution in [-0.2, 0) is 17.8 Å². The van der Waals surface area contributed by atoms with Crippen molar-refractivity contribution in [3.05, 3.63) is 60.1 Å². The number of furan rings is 1. The fourth-order valence-corrected chi connectivity index (χ4v) is 2.14. The van der Waals surface area contributed by atoms with E-state index in [0.29, 0.717) is 13.2 Å². The Morgan fingerprint density at radius 2 is 1.88 bits per heavy atom. The predicted octanol–water partition coefficient (Wildman–Crippen LogP) is 3.21. The summed E-state index contributed by atoms with van der Waals surface area (Å²) in [6.45, 7) is 2.90. The molecule has 132 valence electrons. The second-order valence-electron chi connectivity index (χ2n) is 5.15. The van der Waals surface area contributed by atoms with E-state index >= 15 is 0 Å². The number of nitrogens with zero attached hydrogens (tertiary/aromatic N) is 1. The van der Waals surface area contributed by atoms with Crippen molar-refractivity contribution < 1.29 is 9.15 Å². The smallest absolute Gasteiger partial charge is 0.190 e. The quantitative estimate of drug-likeness (QED) is 0.271. The highest BCUT2D eigenvalue weighted by molar-refractivity contribution is 14.0. The molecule has 0 saturated carbocycles. The highest BCUT2D eigenvalue weighted by Gasteiger charge is 1.98. The van der Waals surface area contributed by atoms with Crippen molar-refractivity contribution in [2.45, 2.75) is 19.4 Å². The van der Waals surface area contributed by atoms with E-state index in [4.69, 9.17) is 9.15 Å². The Balaban J connectivity index is 0.00000288. The largest absolute Gasteiger partial charge is 0.467 e. The molecule has 0 fully saturated rings. The third-order valence-electron chi connectivity index (χ3n) is 3.35. The molecule has 0 atom stereocenters. The van der Waals surface area contributed by atoms with Crippen molar-refractivity contribution in [1.82, 2.24) is 10.6 Å². The van der Waals surface area contributed by atoms with Gasteiger partial charge in [0.1, 0.15) is 12.4 Å². The number of halogens is 1. The minimum Gasteiger partial charge on any atom is -0.467 e. The number of aliphatic imine (C=N–C) groups is 1. The summed E-state index contributed by atoms with van der Waals surface area (Å²) in [6.07, 6.45) is 3.55. The fraction of sp³-hybridized carbons (Fsp3) is 0.389. The fourth-order valence-electron chi connectivity index (χ4n) is 2.14. The zero-order valence-electron chi connectivity index (χ0n) is 14.0. The Hall–Kier alpha value is -1.54. The number of rotatable bonds is 9. The maximum atomic E-state index is 5.54. The van der Waals surface area contributed by atoms with Gasteiger partial charge in [0.05, 0.1) is 6.26 Å². The number of ether oxygens (including phenoxy) is 1. The van der Waals surface area contributed by atoms with Crippen LogP contribution in [0, 0.1) is 0 Å². The maximum Gasteiger partial charge on any atom is 0.190 e. The SMILES string of the molecule is CN=C(NCCCOCc1ccco1)NCCc1ccccc1.I. The molecule has 2 aromatic rings. The second kappa shape index (κ2) is 12.8. The monoisotopic (exact) mass is 443 g/mol.